The zero-order chi connectivity index (χ0) is 15.5. The molecule has 2 rings (SSSR count). The van der Waals surface area contributed by atoms with Crippen molar-refractivity contribution in [2.24, 2.45) is 0 Å². The van der Waals surface area contributed by atoms with E-state index < -0.39 is 11.7 Å². The van der Waals surface area contributed by atoms with E-state index in [1.54, 1.807) is 25.4 Å². The Labute approximate surface area is 121 Å². The number of halogens is 3. The van der Waals surface area contributed by atoms with Crippen LogP contribution in [0.25, 0.3) is 11.3 Å². The summed E-state index contributed by atoms with van der Waals surface area (Å²) in [6.07, 6.45) is -0.442. The zero-order valence-corrected chi connectivity index (χ0v) is 11.8. The second kappa shape index (κ2) is 6.11. The minimum absolute atomic E-state index is 0.234. The normalized spacial score (nSPS) is 11.5. The smallest absolute Gasteiger partial charge is 0.370 e. The molecule has 0 bridgehead atoms. The van der Waals surface area contributed by atoms with E-state index in [2.05, 4.69) is 15.3 Å². The van der Waals surface area contributed by atoms with Crippen molar-refractivity contribution < 1.29 is 13.2 Å². The predicted octanol–water partition coefficient (Wildman–Crippen LogP) is 4.29. The van der Waals surface area contributed by atoms with E-state index in [0.29, 0.717) is 17.8 Å². The summed E-state index contributed by atoms with van der Waals surface area (Å²) >= 11 is 0. The van der Waals surface area contributed by atoms with Crippen molar-refractivity contribution in [3.8, 4) is 11.3 Å². The Bertz CT molecular complexity index is 624. The first kappa shape index (κ1) is 15.3. The molecule has 3 nitrogen and oxygen atoms in total. The lowest BCUT2D eigenvalue weighted by atomic mass is 10.1. The molecule has 0 spiro atoms. The van der Waals surface area contributed by atoms with Gasteiger partial charge in [0.1, 0.15) is 5.82 Å². The molecule has 0 fully saturated rings. The quantitative estimate of drug-likeness (QED) is 0.914. The van der Waals surface area contributed by atoms with E-state index in [-0.39, 0.29) is 5.82 Å². The molecule has 0 saturated carbocycles. The number of rotatable bonds is 4. The second-order valence-electron chi connectivity index (χ2n) is 4.74. The average Bonchev–Trinajstić information content (AvgIpc) is 2.44. The zero-order valence-electron chi connectivity index (χ0n) is 11.8. The highest BCUT2D eigenvalue weighted by Gasteiger charge is 2.31. The molecule has 0 saturated heterocycles. The van der Waals surface area contributed by atoms with Gasteiger partial charge in [0.25, 0.3) is 0 Å². The number of nitrogens with zero attached hydrogens (tertiary/aromatic N) is 2. The molecule has 2 aromatic heterocycles. The van der Waals surface area contributed by atoms with Crippen molar-refractivity contribution in [2.75, 3.05) is 11.9 Å². The fraction of sp³-hybridized carbons (Fsp3) is 0.333. The van der Waals surface area contributed by atoms with E-state index in [4.69, 9.17) is 0 Å². The van der Waals surface area contributed by atoms with Crippen molar-refractivity contribution in [3.63, 3.8) is 0 Å². The summed E-state index contributed by atoms with van der Waals surface area (Å²) in [7, 11) is 0. The van der Waals surface area contributed by atoms with Gasteiger partial charge in [0, 0.05) is 24.5 Å². The number of aromatic nitrogens is 2. The highest BCUT2D eigenvalue weighted by atomic mass is 19.4. The summed E-state index contributed by atoms with van der Waals surface area (Å²) in [6, 6.07) is 3.77. The largest absolute Gasteiger partial charge is 0.416 e. The second-order valence-corrected chi connectivity index (χ2v) is 4.74. The minimum Gasteiger partial charge on any atom is -0.370 e. The van der Waals surface area contributed by atoms with Crippen molar-refractivity contribution in [1.29, 1.82) is 0 Å². The van der Waals surface area contributed by atoms with Crippen LogP contribution in [0, 0.1) is 6.92 Å². The van der Waals surface area contributed by atoms with Gasteiger partial charge in [-0.3, -0.25) is 4.98 Å². The number of hydrogen-bond acceptors (Lipinski definition) is 3. The fourth-order valence-corrected chi connectivity index (χ4v) is 1.94. The highest BCUT2D eigenvalue weighted by molar-refractivity contribution is 5.65. The molecule has 2 aromatic rings. The third-order valence-corrected chi connectivity index (χ3v) is 3.01. The van der Waals surface area contributed by atoms with E-state index in [0.717, 1.165) is 24.1 Å². The summed E-state index contributed by atoms with van der Waals surface area (Å²) < 4.78 is 39.1. The molecule has 0 aliphatic rings. The SMILES string of the molecule is CCCNc1cc(C(F)(F)F)cc(-c2ccncc2C)n1. The molecule has 0 aromatic carbocycles. The van der Waals surface area contributed by atoms with Gasteiger partial charge >= 0.3 is 6.18 Å². The average molecular weight is 295 g/mol. The molecule has 1 N–H and O–H groups in total. The minimum atomic E-state index is -4.40. The molecule has 21 heavy (non-hydrogen) atoms. The standard InChI is InChI=1S/C15H16F3N3/c1-3-5-20-14-8-11(15(16,17)18)7-13(21-14)12-4-6-19-9-10(12)2/h4,6-9H,3,5H2,1-2H3,(H,20,21). The van der Waals surface area contributed by atoms with Crippen molar-refractivity contribution >= 4 is 5.82 Å². The topological polar surface area (TPSA) is 37.8 Å². The van der Waals surface area contributed by atoms with Crippen molar-refractivity contribution in [2.45, 2.75) is 26.4 Å². The van der Waals surface area contributed by atoms with Crippen LogP contribution in [0.15, 0.2) is 30.6 Å². The molecule has 0 aliphatic carbocycles. The highest BCUT2D eigenvalue weighted by Crippen LogP contribution is 2.33. The van der Waals surface area contributed by atoms with Gasteiger partial charge in [-0.05, 0) is 37.1 Å². The van der Waals surface area contributed by atoms with E-state index in [1.807, 2.05) is 6.92 Å². The van der Waals surface area contributed by atoms with E-state index >= 15 is 0 Å². The van der Waals surface area contributed by atoms with Crippen LogP contribution in [0.4, 0.5) is 19.0 Å². The number of pyridine rings is 2. The molecule has 2 heterocycles. The number of hydrogen-bond donors (Lipinski definition) is 1. The molecule has 0 radical (unpaired) electrons. The van der Waals surface area contributed by atoms with Crippen LogP contribution < -0.4 is 5.32 Å². The summed E-state index contributed by atoms with van der Waals surface area (Å²) in [6.45, 7) is 4.31. The number of anilines is 1. The lowest BCUT2D eigenvalue weighted by molar-refractivity contribution is -0.137. The maximum absolute atomic E-state index is 13.0. The monoisotopic (exact) mass is 295 g/mol. The van der Waals surface area contributed by atoms with Gasteiger partial charge in [0.05, 0.1) is 11.3 Å². The first-order valence-corrected chi connectivity index (χ1v) is 6.66. The first-order valence-electron chi connectivity index (χ1n) is 6.66. The van der Waals surface area contributed by atoms with Gasteiger partial charge in [-0.25, -0.2) is 4.98 Å². The van der Waals surface area contributed by atoms with E-state index in [1.165, 1.54) is 0 Å². The van der Waals surface area contributed by atoms with Gasteiger partial charge in [-0.2, -0.15) is 13.2 Å². The number of alkyl halides is 3. The number of nitrogens with one attached hydrogen (secondary N) is 1. The summed E-state index contributed by atoms with van der Waals surface area (Å²) in [5.74, 6) is 0.234. The Balaban J connectivity index is 2.52. The van der Waals surface area contributed by atoms with Crippen molar-refractivity contribution in [3.05, 3.63) is 41.7 Å². The molecule has 0 unspecified atom stereocenters. The van der Waals surface area contributed by atoms with Gasteiger partial charge in [0.2, 0.25) is 0 Å². The molecular formula is C15H16F3N3. The maximum atomic E-state index is 13.0. The molecule has 0 amide bonds. The van der Waals surface area contributed by atoms with Gasteiger partial charge in [-0.1, -0.05) is 6.92 Å². The molecular weight excluding hydrogens is 279 g/mol. The molecule has 6 heteroatoms. The van der Waals surface area contributed by atoms with Crippen LogP contribution in [0.1, 0.15) is 24.5 Å². The summed E-state index contributed by atoms with van der Waals surface area (Å²) in [5.41, 5.74) is 1.02. The Kier molecular flexibility index (Phi) is 4.45. The van der Waals surface area contributed by atoms with Crippen LogP contribution in [-0.2, 0) is 6.18 Å². The first-order chi connectivity index (χ1) is 9.91. The number of aryl methyl sites for hydroxylation is 1. The van der Waals surface area contributed by atoms with Gasteiger partial charge < -0.3 is 5.32 Å². The molecule has 0 atom stereocenters. The fourth-order valence-electron chi connectivity index (χ4n) is 1.94. The maximum Gasteiger partial charge on any atom is 0.416 e. The Morgan fingerprint density at radius 3 is 2.62 bits per heavy atom. The Morgan fingerprint density at radius 2 is 2.00 bits per heavy atom. The molecule has 0 aliphatic heterocycles. The lowest BCUT2D eigenvalue weighted by Crippen LogP contribution is -2.09. The third-order valence-electron chi connectivity index (χ3n) is 3.01. The Hall–Kier alpha value is -2.11. The Morgan fingerprint density at radius 1 is 1.24 bits per heavy atom. The van der Waals surface area contributed by atoms with E-state index in [9.17, 15) is 13.2 Å². The third kappa shape index (κ3) is 3.71. The lowest BCUT2D eigenvalue weighted by Gasteiger charge is -2.13. The van der Waals surface area contributed by atoms with Crippen molar-refractivity contribution in [1.82, 2.24) is 9.97 Å². The van der Waals surface area contributed by atoms with Gasteiger partial charge in [0.15, 0.2) is 0 Å². The van der Waals surface area contributed by atoms with Crippen LogP contribution in [0.3, 0.4) is 0 Å². The summed E-state index contributed by atoms with van der Waals surface area (Å²) in [5, 5.41) is 2.91. The van der Waals surface area contributed by atoms with Gasteiger partial charge in [-0.15, -0.1) is 0 Å². The summed E-state index contributed by atoms with van der Waals surface area (Å²) in [4.78, 5) is 8.22. The van der Waals surface area contributed by atoms with Crippen LogP contribution in [0.2, 0.25) is 0 Å². The predicted molar refractivity (Wildman–Crippen MR) is 76.0 cm³/mol. The van der Waals surface area contributed by atoms with Crippen LogP contribution >= 0.6 is 0 Å². The molecule has 112 valence electrons. The van der Waals surface area contributed by atoms with Crippen LogP contribution in [-0.4, -0.2) is 16.5 Å². The van der Waals surface area contributed by atoms with Crippen LogP contribution in [0.5, 0.6) is 0 Å².